The van der Waals surface area contributed by atoms with Crippen molar-refractivity contribution in [2.24, 2.45) is 34.5 Å². The van der Waals surface area contributed by atoms with Crippen LogP contribution in [0.1, 0.15) is 91.9 Å². The van der Waals surface area contributed by atoms with Gasteiger partial charge in [0, 0.05) is 24.2 Å². The number of allylic oxidation sites excluding steroid dienone is 3. The smallest absolute Gasteiger partial charge is 0.0577 e. The summed E-state index contributed by atoms with van der Waals surface area (Å²) in [5, 5.41) is 10.4. The van der Waals surface area contributed by atoms with E-state index in [9.17, 15) is 5.11 Å². The minimum atomic E-state index is -0.0988. The summed E-state index contributed by atoms with van der Waals surface area (Å²) >= 11 is 0. The Morgan fingerprint density at radius 1 is 1.00 bits per heavy atom. The van der Waals surface area contributed by atoms with Crippen LogP contribution < -0.4 is 0 Å². The number of rotatable bonds is 2. The Hall–Kier alpha value is -0.760. The summed E-state index contributed by atoms with van der Waals surface area (Å²) in [7, 11) is 0. The van der Waals surface area contributed by atoms with Gasteiger partial charge in [-0.05, 0) is 100 Å². The van der Waals surface area contributed by atoms with Crippen molar-refractivity contribution in [3.63, 3.8) is 0 Å². The molecule has 162 valence electrons. The monoisotopic (exact) mass is 397 g/mol. The standard InChI is InChI=1S/C27H43NO/c1-5-19-16-20-17-21(29)9-11-26(20,3)22-10-12-27(4)23(24(19)22)15-18(2)25(27)28-13-7-6-8-14-28/h16,19,21-24,29H,5-15,17H2,1-4H3/t19-,21-,22-,23-,24+,26-,27-/m0/s1. The summed E-state index contributed by atoms with van der Waals surface area (Å²) in [5.41, 5.74) is 5.85. The molecule has 0 unspecified atom stereocenters. The molecule has 0 aromatic carbocycles. The van der Waals surface area contributed by atoms with Gasteiger partial charge in [0.2, 0.25) is 0 Å². The second kappa shape index (κ2) is 7.14. The van der Waals surface area contributed by atoms with Gasteiger partial charge in [0.25, 0.3) is 0 Å². The predicted molar refractivity (Wildman–Crippen MR) is 120 cm³/mol. The Balaban J connectivity index is 1.51. The topological polar surface area (TPSA) is 23.5 Å². The number of aliphatic hydroxyl groups excluding tert-OH is 1. The van der Waals surface area contributed by atoms with Crippen LogP contribution in [0.2, 0.25) is 0 Å². The van der Waals surface area contributed by atoms with Crippen molar-refractivity contribution in [3.8, 4) is 0 Å². The van der Waals surface area contributed by atoms with E-state index in [1.165, 1.54) is 64.5 Å². The van der Waals surface area contributed by atoms with Crippen LogP contribution in [0.25, 0.3) is 0 Å². The van der Waals surface area contributed by atoms with Gasteiger partial charge in [-0.1, -0.05) is 38.0 Å². The third-order valence-corrected chi connectivity index (χ3v) is 10.3. The zero-order valence-corrected chi connectivity index (χ0v) is 19.3. The van der Waals surface area contributed by atoms with Gasteiger partial charge in [0.1, 0.15) is 0 Å². The zero-order chi connectivity index (χ0) is 20.4. The molecule has 0 aromatic rings. The lowest BCUT2D eigenvalue weighted by Gasteiger charge is -2.60. The first-order valence-electron chi connectivity index (χ1n) is 12.7. The first kappa shape index (κ1) is 20.2. The molecule has 7 atom stereocenters. The van der Waals surface area contributed by atoms with Crippen molar-refractivity contribution >= 4 is 0 Å². The van der Waals surface area contributed by atoms with Crippen LogP contribution in [0.3, 0.4) is 0 Å². The summed E-state index contributed by atoms with van der Waals surface area (Å²) < 4.78 is 0. The third kappa shape index (κ3) is 2.91. The van der Waals surface area contributed by atoms with Gasteiger partial charge in [-0.2, -0.15) is 0 Å². The number of fused-ring (bicyclic) bond motifs is 5. The van der Waals surface area contributed by atoms with Crippen molar-refractivity contribution in [2.45, 2.75) is 98.0 Å². The fourth-order valence-corrected chi connectivity index (χ4v) is 8.85. The fraction of sp³-hybridized carbons (Fsp3) is 0.852. The SMILES string of the molecule is CC[C@H]1C=C2C[C@@H](O)CC[C@]2(C)[C@H]2CC[C@]3(C)C(N4CCCCC4)=C(C)C[C@H]3[C@H]12. The van der Waals surface area contributed by atoms with E-state index < -0.39 is 0 Å². The molecule has 1 saturated heterocycles. The highest BCUT2D eigenvalue weighted by molar-refractivity contribution is 5.34. The average Bonchev–Trinajstić information content (AvgIpc) is 2.98. The first-order chi connectivity index (χ1) is 13.9. The van der Waals surface area contributed by atoms with E-state index in [0.717, 1.165) is 30.6 Å². The Morgan fingerprint density at radius 3 is 2.45 bits per heavy atom. The van der Waals surface area contributed by atoms with Crippen molar-refractivity contribution in [1.29, 1.82) is 0 Å². The van der Waals surface area contributed by atoms with Crippen LogP contribution >= 0.6 is 0 Å². The maximum atomic E-state index is 10.4. The average molecular weight is 398 g/mol. The molecular formula is C27H43NO. The highest BCUT2D eigenvalue weighted by atomic mass is 16.3. The fourth-order valence-electron chi connectivity index (χ4n) is 8.85. The van der Waals surface area contributed by atoms with E-state index >= 15 is 0 Å². The van der Waals surface area contributed by atoms with Gasteiger partial charge in [-0.15, -0.1) is 0 Å². The Labute approximate surface area is 178 Å². The van der Waals surface area contributed by atoms with E-state index in [-0.39, 0.29) is 6.10 Å². The van der Waals surface area contributed by atoms with Gasteiger partial charge in [-0.3, -0.25) is 0 Å². The Kier molecular flexibility index (Phi) is 4.97. The van der Waals surface area contributed by atoms with E-state index in [1.807, 2.05) is 0 Å². The van der Waals surface area contributed by atoms with Crippen LogP contribution in [0.5, 0.6) is 0 Å². The van der Waals surface area contributed by atoms with Gasteiger partial charge >= 0.3 is 0 Å². The Morgan fingerprint density at radius 2 is 1.72 bits per heavy atom. The number of piperidine rings is 1. The maximum absolute atomic E-state index is 10.4. The zero-order valence-electron chi connectivity index (χ0n) is 19.3. The molecule has 1 N–H and O–H groups in total. The molecule has 1 aliphatic heterocycles. The van der Waals surface area contributed by atoms with Crippen molar-refractivity contribution in [2.75, 3.05) is 13.1 Å². The number of hydrogen-bond acceptors (Lipinski definition) is 2. The summed E-state index contributed by atoms with van der Waals surface area (Å²) in [4.78, 5) is 2.81. The van der Waals surface area contributed by atoms with Crippen LogP contribution in [0, 0.1) is 34.5 Å². The molecule has 0 spiro atoms. The van der Waals surface area contributed by atoms with Crippen LogP contribution in [0.15, 0.2) is 22.9 Å². The minimum Gasteiger partial charge on any atom is -0.393 e. The molecule has 0 radical (unpaired) electrons. The van der Waals surface area contributed by atoms with Gasteiger partial charge in [0.05, 0.1) is 6.10 Å². The molecule has 0 amide bonds. The molecule has 4 aliphatic carbocycles. The molecule has 0 bridgehead atoms. The van der Waals surface area contributed by atoms with Gasteiger partial charge in [0.15, 0.2) is 0 Å². The molecule has 0 aromatic heterocycles. The van der Waals surface area contributed by atoms with Crippen LogP contribution in [-0.4, -0.2) is 29.2 Å². The lowest BCUT2D eigenvalue weighted by Crippen LogP contribution is -2.53. The maximum Gasteiger partial charge on any atom is 0.0577 e. The van der Waals surface area contributed by atoms with E-state index in [2.05, 4.69) is 38.7 Å². The highest BCUT2D eigenvalue weighted by Gasteiger charge is 2.60. The second-order valence-electron chi connectivity index (χ2n) is 11.7. The van der Waals surface area contributed by atoms with E-state index in [1.54, 1.807) is 16.8 Å². The summed E-state index contributed by atoms with van der Waals surface area (Å²) in [6.07, 6.45) is 15.3. The number of likely N-dealkylation sites (tertiary alicyclic amines) is 1. The number of nitrogens with zero attached hydrogens (tertiary/aromatic N) is 1. The summed E-state index contributed by atoms with van der Waals surface area (Å²) in [5.74, 6) is 3.20. The molecule has 2 heteroatoms. The molecule has 5 rings (SSSR count). The molecular weight excluding hydrogens is 354 g/mol. The third-order valence-electron chi connectivity index (χ3n) is 10.3. The number of aliphatic hydroxyl groups is 1. The van der Waals surface area contributed by atoms with Crippen molar-refractivity contribution in [1.82, 2.24) is 4.90 Å². The molecule has 2 nitrogen and oxygen atoms in total. The first-order valence-corrected chi connectivity index (χ1v) is 12.7. The lowest BCUT2D eigenvalue weighted by atomic mass is 9.45. The highest BCUT2D eigenvalue weighted by Crippen LogP contribution is 2.67. The lowest BCUT2D eigenvalue weighted by molar-refractivity contribution is -0.0582. The Bertz CT molecular complexity index is 716. The van der Waals surface area contributed by atoms with Crippen LogP contribution in [0.4, 0.5) is 0 Å². The molecule has 1 heterocycles. The van der Waals surface area contributed by atoms with E-state index in [4.69, 9.17) is 0 Å². The largest absolute Gasteiger partial charge is 0.393 e. The van der Waals surface area contributed by atoms with E-state index in [0.29, 0.717) is 16.7 Å². The normalized spacial score (nSPS) is 47.4. The number of hydrogen-bond donors (Lipinski definition) is 1. The quantitative estimate of drug-likeness (QED) is 0.551. The predicted octanol–water partition coefficient (Wildman–Crippen LogP) is 6.32. The minimum absolute atomic E-state index is 0.0988. The molecule has 3 fully saturated rings. The van der Waals surface area contributed by atoms with Gasteiger partial charge in [-0.25, -0.2) is 0 Å². The molecule has 29 heavy (non-hydrogen) atoms. The summed E-state index contributed by atoms with van der Waals surface area (Å²) in [6.45, 7) is 12.7. The summed E-state index contributed by atoms with van der Waals surface area (Å²) in [6, 6.07) is 0. The molecule has 5 aliphatic rings. The second-order valence-corrected chi connectivity index (χ2v) is 11.7. The molecule has 2 saturated carbocycles. The van der Waals surface area contributed by atoms with Crippen molar-refractivity contribution in [3.05, 3.63) is 22.9 Å². The van der Waals surface area contributed by atoms with Crippen molar-refractivity contribution < 1.29 is 5.11 Å². The van der Waals surface area contributed by atoms with Gasteiger partial charge < -0.3 is 10.0 Å². The van der Waals surface area contributed by atoms with Crippen LogP contribution in [-0.2, 0) is 0 Å².